The van der Waals surface area contributed by atoms with Crippen molar-refractivity contribution in [3.05, 3.63) is 169 Å². The first-order valence-electron chi connectivity index (χ1n) is 20.1. The minimum Gasteiger partial charge on any atom is -0.455 e. The zero-order valence-corrected chi connectivity index (χ0v) is 26.3. The summed E-state index contributed by atoms with van der Waals surface area (Å²) in [5.41, 5.74) is 9.30. The minimum absolute atomic E-state index is 0.170. The molecule has 0 radical (unpaired) electrons. The van der Waals surface area contributed by atoms with E-state index in [2.05, 4.69) is 56.3 Å². The summed E-state index contributed by atoms with van der Waals surface area (Å²) in [6.07, 6.45) is 0. The molecule has 0 bridgehead atoms. The van der Waals surface area contributed by atoms with Gasteiger partial charge >= 0.3 is 0 Å². The maximum atomic E-state index is 9.44. The second-order valence-corrected chi connectivity index (χ2v) is 13.0. The second-order valence-electron chi connectivity index (χ2n) is 13.0. The van der Waals surface area contributed by atoms with Crippen molar-refractivity contribution in [1.29, 1.82) is 0 Å². The molecule has 8 aromatic carbocycles. The molecule has 0 N–H and O–H groups in total. The van der Waals surface area contributed by atoms with Gasteiger partial charge in [0.25, 0.3) is 0 Å². The fourth-order valence-corrected chi connectivity index (χ4v) is 7.92. The van der Waals surface area contributed by atoms with E-state index in [1.807, 2.05) is 42.5 Å². The normalized spacial score (nSPS) is 15.7. The van der Waals surface area contributed by atoms with Crippen LogP contribution in [0.4, 0.5) is 0 Å². The van der Waals surface area contributed by atoms with E-state index in [1.165, 1.54) is 22.3 Å². The molecule has 10 rings (SSSR count). The van der Waals surface area contributed by atoms with Gasteiger partial charge in [-0.15, -0.1) is 0 Å². The largest absolute Gasteiger partial charge is 0.455 e. The van der Waals surface area contributed by atoms with E-state index in [1.54, 1.807) is 24.3 Å². The molecule has 0 fully saturated rings. The molecule has 0 amide bonds. The number of para-hydroxylation sites is 1. The Morgan fingerprint density at radius 1 is 0.479 bits per heavy atom. The van der Waals surface area contributed by atoms with Gasteiger partial charge in [0, 0.05) is 21.8 Å². The van der Waals surface area contributed by atoms with E-state index in [4.69, 9.17) is 9.90 Å². The summed E-state index contributed by atoms with van der Waals surface area (Å²) in [5.74, 6) is 0. The van der Waals surface area contributed by atoms with Gasteiger partial charge in [0.05, 0.1) is 11.0 Å². The molecule has 9 aromatic rings. The quantitative estimate of drug-likeness (QED) is 0.179. The van der Waals surface area contributed by atoms with Crippen LogP contribution in [-0.2, 0) is 5.41 Å². The summed E-state index contributed by atoms with van der Waals surface area (Å²) in [5, 5.41) is 2.15. The lowest BCUT2D eigenvalue weighted by Gasteiger charge is -2.22. The van der Waals surface area contributed by atoms with Crippen molar-refractivity contribution in [1.82, 2.24) is 0 Å². The van der Waals surface area contributed by atoms with Crippen LogP contribution in [0.25, 0.3) is 88.0 Å². The summed E-state index contributed by atoms with van der Waals surface area (Å²) < 4.78 is 79.6. The van der Waals surface area contributed by atoms with Crippen molar-refractivity contribution in [3.63, 3.8) is 0 Å². The summed E-state index contributed by atoms with van der Waals surface area (Å²) in [4.78, 5) is 0. The Morgan fingerprint density at radius 3 is 1.81 bits per heavy atom. The topological polar surface area (TPSA) is 13.1 Å². The van der Waals surface area contributed by atoms with E-state index in [0.717, 1.165) is 16.5 Å². The molecule has 0 atom stereocenters. The monoisotopic (exact) mass is 620 g/mol. The molecular weight excluding hydrogens is 581 g/mol. The maximum absolute atomic E-state index is 9.44. The molecule has 0 saturated carbocycles. The Kier molecular flexibility index (Phi) is 4.25. The lowest BCUT2D eigenvalue weighted by Crippen LogP contribution is -2.14. The zero-order valence-electron chi connectivity index (χ0n) is 34.3. The third kappa shape index (κ3) is 3.73. The van der Waals surface area contributed by atoms with Gasteiger partial charge in [0.2, 0.25) is 0 Å². The van der Waals surface area contributed by atoms with Crippen molar-refractivity contribution in [2.45, 2.75) is 19.3 Å². The highest BCUT2D eigenvalue weighted by atomic mass is 16.3. The number of furan rings is 1. The van der Waals surface area contributed by atoms with Gasteiger partial charge in [-0.05, 0) is 89.8 Å². The van der Waals surface area contributed by atoms with Crippen molar-refractivity contribution in [3.8, 4) is 44.5 Å². The van der Waals surface area contributed by atoms with Gasteiger partial charge < -0.3 is 4.42 Å². The average Bonchev–Trinajstić information content (AvgIpc) is 3.72. The molecule has 0 unspecified atom stereocenters. The van der Waals surface area contributed by atoms with Crippen LogP contribution < -0.4 is 0 Å². The summed E-state index contributed by atoms with van der Waals surface area (Å²) in [6, 6.07) is 32.6. The molecule has 1 aliphatic rings. The number of hydrogen-bond acceptors (Lipinski definition) is 1. The summed E-state index contributed by atoms with van der Waals surface area (Å²) in [6.45, 7) is 4.47. The van der Waals surface area contributed by atoms with Gasteiger partial charge in [0.1, 0.15) is 11.2 Å². The zero-order chi connectivity index (χ0) is 38.9. The highest BCUT2D eigenvalue weighted by molar-refractivity contribution is 6.26. The van der Waals surface area contributed by atoms with Crippen LogP contribution in [0, 0.1) is 0 Å². The molecule has 1 heterocycles. The van der Waals surface area contributed by atoms with Crippen LogP contribution >= 0.6 is 0 Å². The van der Waals surface area contributed by atoms with E-state index in [-0.39, 0.29) is 51.1 Å². The lowest BCUT2D eigenvalue weighted by atomic mass is 9.81. The van der Waals surface area contributed by atoms with Gasteiger partial charge in [-0.1, -0.05) is 153 Å². The van der Waals surface area contributed by atoms with E-state index in [0.29, 0.717) is 38.8 Å². The van der Waals surface area contributed by atoms with Crippen molar-refractivity contribution < 1.29 is 15.4 Å². The van der Waals surface area contributed by atoms with Gasteiger partial charge in [0.15, 0.2) is 0 Å². The second kappa shape index (κ2) is 10.0. The molecule has 1 heteroatoms. The van der Waals surface area contributed by atoms with Crippen molar-refractivity contribution >= 4 is 43.5 Å². The molecule has 1 nitrogen and oxygen atoms in total. The molecule has 0 spiro atoms. The van der Waals surface area contributed by atoms with E-state index >= 15 is 0 Å². The summed E-state index contributed by atoms with van der Waals surface area (Å²) >= 11 is 0. The predicted molar refractivity (Wildman–Crippen MR) is 203 cm³/mol. The molecule has 1 aromatic heterocycles. The Labute approximate surface area is 291 Å². The van der Waals surface area contributed by atoms with Crippen LogP contribution in [0.15, 0.2) is 162 Å². The van der Waals surface area contributed by atoms with Crippen LogP contribution in [0.1, 0.15) is 35.9 Å². The number of fused-ring (bicyclic) bond motifs is 8. The van der Waals surface area contributed by atoms with E-state index < -0.39 is 24.2 Å². The average molecular weight is 621 g/mol. The molecule has 48 heavy (non-hydrogen) atoms. The maximum Gasteiger partial charge on any atom is 0.143 e. The number of rotatable bonds is 3. The fourth-order valence-electron chi connectivity index (χ4n) is 7.92. The third-order valence-corrected chi connectivity index (χ3v) is 10.1. The number of hydrogen-bond donors (Lipinski definition) is 0. The smallest absolute Gasteiger partial charge is 0.143 e. The fraction of sp³-hybridized carbons (Fsp3) is 0.0638. The van der Waals surface area contributed by atoms with Crippen LogP contribution in [0.2, 0.25) is 0 Å². The standard InChI is InChI=1S/C47H32O/c1-47(2)40-22-12-10-16-32(40)33-25-24-30(28-41(33)47)31-26-27-39(45-38-21-11-13-23-42(38)48-46(31)45)44-36-19-8-6-17-34(36)43(29-14-4-3-5-15-29)35-18-7-9-20-37(35)44/h3-28H,1-2H3/i6D,7D,8D,9D,17D,18D,19D,20D. The van der Waals surface area contributed by atoms with Crippen LogP contribution in [0.5, 0.6) is 0 Å². The van der Waals surface area contributed by atoms with E-state index in [9.17, 15) is 5.48 Å². The Hall–Kier alpha value is -5.92. The SMILES string of the molecule is [2H]c1c([2H])c([2H])c2c(-c3ccc(-c4ccc5c(c4)C(C)(C)c4ccccc4-5)c4oc5ccccc5c34)c3c([2H])c([2H])c([2H])c([2H])c3c(-c3ccccc3)c2c1[2H]. The first-order chi connectivity index (χ1) is 26.9. The van der Waals surface area contributed by atoms with Gasteiger partial charge in [-0.3, -0.25) is 0 Å². The third-order valence-electron chi connectivity index (χ3n) is 10.1. The highest BCUT2D eigenvalue weighted by Gasteiger charge is 2.35. The van der Waals surface area contributed by atoms with Gasteiger partial charge in [-0.25, -0.2) is 0 Å². The molecule has 1 aliphatic carbocycles. The molecule has 0 saturated heterocycles. The van der Waals surface area contributed by atoms with Crippen LogP contribution in [-0.4, -0.2) is 0 Å². The Balaban J connectivity index is 1.39. The Morgan fingerprint density at radius 2 is 1.06 bits per heavy atom. The molecule has 226 valence electrons. The first-order valence-corrected chi connectivity index (χ1v) is 16.1. The molecular formula is C47H32O. The minimum atomic E-state index is -0.436. The predicted octanol–water partition coefficient (Wildman–Crippen LogP) is 13.2. The van der Waals surface area contributed by atoms with Crippen LogP contribution in [0.3, 0.4) is 0 Å². The first kappa shape index (κ1) is 20.3. The number of benzene rings is 8. The van der Waals surface area contributed by atoms with Crippen molar-refractivity contribution in [2.75, 3.05) is 0 Å². The Bertz CT molecular complexity index is 3120. The van der Waals surface area contributed by atoms with Gasteiger partial charge in [-0.2, -0.15) is 0 Å². The lowest BCUT2D eigenvalue weighted by molar-refractivity contribution is 0.660. The summed E-state index contributed by atoms with van der Waals surface area (Å²) in [7, 11) is 0. The highest BCUT2D eigenvalue weighted by Crippen LogP contribution is 2.52. The van der Waals surface area contributed by atoms with Crippen molar-refractivity contribution in [2.24, 2.45) is 0 Å². The molecule has 0 aliphatic heterocycles.